The van der Waals surface area contributed by atoms with Crippen molar-refractivity contribution in [2.45, 2.75) is 31.9 Å². The minimum absolute atomic E-state index is 0.0412. The van der Waals surface area contributed by atoms with E-state index >= 15 is 0 Å². The standard InChI is InChI=1S/C31H28Cl2N2O3/c1-2-15-35-27-18-23(33)12-14-25(27)29(36)28(31(35)38)30(37)26(16-19-7-10-22(32)11-8-19)34-24-13-9-20-5-3-4-6-21(20)17-24/h3-14,17-18,26,29,34,36,38H,2,15-16H2,1H3. The maximum atomic E-state index is 14.2. The minimum Gasteiger partial charge on any atom is -0.494 e. The first kappa shape index (κ1) is 26.1. The molecule has 194 valence electrons. The van der Waals surface area contributed by atoms with E-state index in [0.29, 0.717) is 34.3 Å². The number of aliphatic hydroxyl groups excluding tert-OH is 2. The fourth-order valence-corrected chi connectivity index (χ4v) is 5.24. The molecule has 1 aliphatic rings. The molecule has 5 nitrogen and oxygen atoms in total. The highest BCUT2D eigenvalue weighted by Gasteiger charge is 2.38. The third kappa shape index (κ3) is 5.23. The number of benzene rings is 4. The van der Waals surface area contributed by atoms with E-state index in [9.17, 15) is 15.0 Å². The molecule has 2 unspecified atom stereocenters. The van der Waals surface area contributed by atoms with Crippen LogP contribution < -0.4 is 10.2 Å². The quantitative estimate of drug-likeness (QED) is 0.213. The Kier molecular flexibility index (Phi) is 7.61. The van der Waals surface area contributed by atoms with E-state index in [1.54, 1.807) is 35.2 Å². The summed E-state index contributed by atoms with van der Waals surface area (Å²) in [5.74, 6) is -0.639. The minimum atomic E-state index is -1.30. The van der Waals surface area contributed by atoms with Crippen LogP contribution in [-0.4, -0.2) is 28.6 Å². The lowest BCUT2D eigenvalue weighted by molar-refractivity contribution is -0.117. The average molecular weight is 547 g/mol. The summed E-state index contributed by atoms with van der Waals surface area (Å²) in [5.41, 5.74) is 2.74. The first-order valence-corrected chi connectivity index (χ1v) is 13.3. The highest BCUT2D eigenvalue weighted by molar-refractivity contribution is 6.31. The van der Waals surface area contributed by atoms with Gasteiger partial charge in [-0.25, -0.2) is 0 Å². The SMILES string of the molecule is CCCN1C(O)=C(C(=O)C(Cc2ccc(Cl)cc2)Nc2ccc3ccccc3c2)C(O)c2ccc(Cl)cc21. The van der Waals surface area contributed by atoms with Gasteiger partial charge in [0.1, 0.15) is 6.10 Å². The topological polar surface area (TPSA) is 72.8 Å². The number of carbonyl (C=O) groups excluding carboxylic acids is 1. The Morgan fingerprint density at radius 1 is 0.947 bits per heavy atom. The molecule has 0 radical (unpaired) electrons. The van der Waals surface area contributed by atoms with Crippen molar-refractivity contribution in [3.63, 3.8) is 0 Å². The lowest BCUT2D eigenvalue weighted by Gasteiger charge is -2.35. The molecule has 0 aromatic heterocycles. The van der Waals surface area contributed by atoms with Gasteiger partial charge < -0.3 is 20.4 Å². The van der Waals surface area contributed by atoms with Crippen LogP contribution in [0.1, 0.15) is 30.6 Å². The zero-order valence-electron chi connectivity index (χ0n) is 20.9. The van der Waals surface area contributed by atoms with Gasteiger partial charge in [-0.2, -0.15) is 0 Å². The van der Waals surface area contributed by atoms with Crippen molar-refractivity contribution in [3.05, 3.63) is 118 Å². The monoisotopic (exact) mass is 546 g/mol. The molecule has 5 rings (SSSR count). The molecule has 7 heteroatoms. The van der Waals surface area contributed by atoms with Gasteiger partial charge in [0.15, 0.2) is 5.78 Å². The molecule has 0 fully saturated rings. The third-order valence-corrected chi connectivity index (χ3v) is 7.31. The average Bonchev–Trinajstić information content (AvgIpc) is 2.91. The zero-order valence-corrected chi connectivity index (χ0v) is 22.4. The van der Waals surface area contributed by atoms with Crippen LogP contribution in [0, 0.1) is 0 Å². The summed E-state index contributed by atoms with van der Waals surface area (Å²) < 4.78 is 0. The molecule has 0 saturated heterocycles. The van der Waals surface area contributed by atoms with E-state index in [-0.39, 0.29) is 17.2 Å². The Hall–Kier alpha value is -3.51. The molecule has 0 bridgehead atoms. The molecule has 2 atom stereocenters. The normalized spacial score (nSPS) is 15.9. The molecule has 0 spiro atoms. The summed E-state index contributed by atoms with van der Waals surface area (Å²) in [7, 11) is 0. The predicted octanol–water partition coefficient (Wildman–Crippen LogP) is 7.47. The Labute approximate surface area is 231 Å². The largest absolute Gasteiger partial charge is 0.494 e. The Bertz CT molecular complexity index is 1520. The first-order chi connectivity index (χ1) is 18.4. The van der Waals surface area contributed by atoms with E-state index in [0.717, 1.165) is 28.4 Å². The number of ketones is 1. The van der Waals surface area contributed by atoms with Gasteiger partial charge in [0.2, 0.25) is 5.88 Å². The number of halogens is 2. The van der Waals surface area contributed by atoms with Gasteiger partial charge in [-0.15, -0.1) is 0 Å². The fraction of sp³-hybridized carbons (Fsp3) is 0.194. The number of Topliss-reactive ketones (excluding diaryl/α,β-unsaturated/α-hetero) is 1. The molecule has 3 N–H and O–H groups in total. The number of rotatable bonds is 8. The number of hydrogen-bond acceptors (Lipinski definition) is 5. The van der Waals surface area contributed by atoms with Crippen LogP contribution in [0.3, 0.4) is 0 Å². The second kappa shape index (κ2) is 11.1. The molecule has 0 amide bonds. The van der Waals surface area contributed by atoms with Crippen LogP contribution in [-0.2, 0) is 11.2 Å². The smallest absolute Gasteiger partial charge is 0.201 e. The van der Waals surface area contributed by atoms with E-state index in [2.05, 4.69) is 5.32 Å². The van der Waals surface area contributed by atoms with Crippen molar-refractivity contribution >= 4 is 51.1 Å². The predicted molar refractivity (Wildman–Crippen MR) is 155 cm³/mol. The van der Waals surface area contributed by atoms with E-state index in [1.807, 2.05) is 61.5 Å². The van der Waals surface area contributed by atoms with Crippen LogP contribution in [0.15, 0.2) is 96.4 Å². The molecule has 0 aliphatic carbocycles. The molecular weight excluding hydrogens is 519 g/mol. The maximum absolute atomic E-state index is 14.2. The Balaban J connectivity index is 1.55. The molecule has 1 aliphatic heterocycles. The number of carbonyl (C=O) groups is 1. The molecular formula is C31H28Cl2N2O3. The van der Waals surface area contributed by atoms with E-state index in [1.165, 1.54) is 0 Å². The zero-order chi connectivity index (χ0) is 26.8. The number of aliphatic hydroxyl groups is 2. The van der Waals surface area contributed by atoms with Crippen LogP contribution in [0.2, 0.25) is 10.0 Å². The van der Waals surface area contributed by atoms with Gasteiger partial charge in [0, 0.05) is 34.3 Å². The van der Waals surface area contributed by atoms with E-state index < -0.39 is 12.1 Å². The second-order valence-electron chi connectivity index (χ2n) is 9.45. The van der Waals surface area contributed by atoms with Crippen LogP contribution >= 0.6 is 23.2 Å². The Morgan fingerprint density at radius 2 is 1.66 bits per heavy atom. The van der Waals surface area contributed by atoms with Gasteiger partial charge in [-0.1, -0.05) is 78.7 Å². The lowest BCUT2D eigenvalue weighted by Crippen LogP contribution is -2.40. The first-order valence-electron chi connectivity index (χ1n) is 12.6. The van der Waals surface area contributed by atoms with Crippen LogP contribution in [0.4, 0.5) is 11.4 Å². The van der Waals surface area contributed by atoms with Crippen molar-refractivity contribution in [2.24, 2.45) is 0 Å². The van der Waals surface area contributed by atoms with Gasteiger partial charge in [-0.05, 0) is 59.2 Å². The van der Waals surface area contributed by atoms with Gasteiger partial charge in [0.05, 0.1) is 17.3 Å². The summed E-state index contributed by atoms with van der Waals surface area (Å²) in [6.45, 7) is 2.44. The van der Waals surface area contributed by atoms with Crippen molar-refractivity contribution in [1.29, 1.82) is 0 Å². The summed E-state index contributed by atoms with van der Waals surface area (Å²) in [4.78, 5) is 15.8. The van der Waals surface area contributed by atoms with Crippen molar-refractivity contribution in [1.82, 2.24) is 0 Å². The van der Waals surface area contributed by atoms with Gasteiger partial charge in [0.25, 0.3) is 0 Å². The summed E-state index contributed by atoms with van der Waals surface area (Å²) >= 11 is 12.3. The van der Waals surface area contributed by atoms with Crippen LogP contribution in [0.25, 0.3) is 10.8 Å². The summed E-state index contributed by atoms with van der Waals surface area (Å²) in [6.07, 6.45) is -0.251. The Morgan fingerprint density at radius 3 is 2.39 bits per heavy atom. The summed E-state index contributed by atoms with van der Waals surface area (Å²) in [5, 5.41) is 29.3. The number of anilines is 2. The van der Waals surface area contributed by atoms with Crippen LogP contribution in [0.5, 0.6) is 0 Å². The molecule has 0 saturated carbocycles. The second-order valence-corrected chi connectivity index (χ2v) is 10.3. The highest BCUT2D eigenvalue weighted by atomic mass is 35.5. The maximum Gasteiger partial charge on any atom is 0.201 e. The number of nitrogens with zero attached hydrogens (tertiary/aromatic N) is 1. The molecule has 1 heterocycles. The van der Waals surface area contributed by atoms with E-state index in [4.69, 9.17) is 23.2 Å². The van der Waals surface area contributed by atoms with Crippen molar-refractivity contribution in [3.8, 4) is 0 Å². The van der Waals surface area contributed by atoms with Crippen molar-refractivity contribution in [2.75, 3.05) is 16.8 Å². The van der Waals surface area contributed by atoms with Gasteiger partial charge >= 0.3 is 0 Å². The third-order valence-electron chi connectivity index (χ3n) is 6.82. The lowest BCUT2D eigenvalue weighted by atomic mass is 9.88. The summed E-state index contributed by atoms with van der Waals surface area (Å²) in [6, 6.07) is 25.5. The molecule has 38 heavy (non-hydrogen) atoms. The fourth-order valence-electron chi connectivity index (χ4n) is 4.95. The highest BCUT2D eigenvalue weighted by Crippen LogP contribution is 2.41. The molecule has 4 aromatic carbocycles. The van der Waals surface area contributed by atoms with Gasteiger partial charge in [-0.3, -0.25) is 4.79 Å². The number of hydrogen-bond donors (Lipinski definition) is 3. The van der Waals surface area contributed by atoms with Crippen molar-refractivity contribution < 1.29 is 15.0 Å². The molecule has 4 aromatic rings. The number of fused-ring (bicyclic) bond motifs is 2. The number of nitrogens with one attached hydrogen (secondary N) is 1.